The maximum Gasteiger partial charge on any atom is 0.336 e. The number of amides is 1. The fraction of sp³-hybridized carbons (Fsp3) is 0.429. The molecule has 2 rings (SSSR count). The smallest absolute Gasteiger partial charge is 0.336 e. The van der Waals surface area contributed by atoms with E-state index in [2.05, 4.69) is 0 Å². The number of carboxylic acids is 1. The van der Waals surface area contributed by atoms with Gasteiger partial charge in [-0.15, -0.1) is 0 Å². The second-order valence-electron chi connectivity index (χ2n) is 4.59. The van der Waals surface area contributed by atoms with Crippen LogP contribution in [0.4, 0.5) is 0 Å². The van der Waals surface area contributed by atoms with Crippen LogP contribution in [0.5, 0.6) is 0 Å². The molecule has 1 aliphatic rings. The molecule has 4 nitrogen and oxygen atoms in total. The van der Waals surface area contributed by atoms with Crippen molar-refractivity contribution in [3.63, 3.8) is 0 Å². The first-order valence-electron chi connectivity index (χ1n) is 6.27. The normalized spacial score (nSPS) is 16.4. The molecule has 0 atom stereocenters. The molecule has 0 bridgehead atoms. The van der Waals surface area contributed by atoms with Crippen molar-refractivity contribution in [2.24, 2.45) is 0 Å². The van der Waals surface area contributed by atoms with Gasteiger partial charge in [0.05, 0.1) is 5.56 Å². The summed E-state index contributed by atoms with van der Waals surface area (Å²) in [6.45, 7) is 1.13. The lowest BCUT2D eigenvalue weighted by Crippen LogP contribution is -2.30. The van der Waals surface area contributed by atoms with E-state index in [1.165, 1.54) is 0 Å². The van der Waals surface area contributed by atoms with Crippen LogP contribution in [-0.2, 0) is 11.3 Å². The van der Waals surface area contributed by atoms with Gasteiger partial charge in [0.25, 0.3) is 0 Å². The van der Waals surface area contributed by atoms with Crippen LogP contribution >= 0.6 is 0 Å². The zero-order valence-electron chi connectivity index (χ0n) is 10.3. The molecule has 0 aliphatic carbocycles. The van der Waals surface area contributed by atoms with Crippen LogP contribution in [0.1, 0.15) is 41.6 Å². The van der Waals surface area contributed by atoms with Gasteiger partial charge in [-0.3, -0.25) is 4.79 Å². The Morgan fingerprint density at radius 3 is 2.78 bits per heavy atom. The van der Waals surface area contributed by atoms with Crippen molar-refractivity contribution in [1.29, 1.82) is 0 Å². The minimum Gasteiger partial charge on any atom is -0.478 e. The molecule has 1 fully saturated rings. The lowest BCUT2D eigenvalue weighted by Gasteiger charge is -2.21. The first kappa shape index (κ1) is 12.6. The third-order valence-electron chi connectivity index (χ3n) is 3.28. The molecule has 0 spiro atoms. The Bertz CT molecular complexity index is 456. The highest BCUT2D eigenvalue weighted by Gasteiger charge is 2.19. The molecule has 0 unspecified atom stereocenters. The van der Waals surface area contributed by atoms with E-state index in [4.69, 9.17) is 5.11 Å². The van der Waals surface area contributed by atoms with Gasteiger partial charge in [-0.1, -0.05) is 24.6 Å². The van der Waals surface area contributed by atoms with Gasteiger partial charge in [-0.2, -0.15) is 0 Å². The number of carbonyl (C=O) groups excluding carboxylic acids is 1. The van der Waals surface area contributed by atoms with Crippen molar-refractivity contribution in [1.82, 2.24) is 4.90 Å². The van der Waals surface area contributed by atoms with Crippen molar-refractivity contribution in [2.45, 2.75) is 32.2 Å². The molecule has 1 saturated heterocycles. The monoisotopic (exact) mass is 247 g/mol. The predicted molar refractivity (Wildman–Crippen MR) is 67.3 cm³/mol. The number of benzene rings is 1. The Kier molecular flexibility index (Phi) is 3.97. The molecule has 96 valence electrons. The highest BCUT2D eigenvalue weighted by Crippen LogP contribution is 2.17. The van der Waals surface area contributed by atoms with Crippen LogP contribution in [0.15, 0.2) is 24.3 Å². The van der Waals surface area contributed by atoms with Crippen LogP contribution in [0.25, 0.3) is 0 Å². The van der Waals surface area contributed by atoms with Gasteiger partial charge in [-0.25, -0.2) is 4.79 Å². The average Bonchev–Trinajstić information content (AvgIpc) is 2.55. The Morgan fingerprint density at radius 2 is 2.00 bits per heavy atom. The summed E-state index contributed by atoms with van der Waals surface area (Å²) in [5.41, 5.74) is 0.995. The summed E-state index contributed by atoms with van der Waals surface area (Å²) in [4.78, 5) is 24.8. The summed E-state index contributed by atoms with van der Waals surface area (Å²) in [6.07, 6.45) is 3.59. The first-order valence-corrected chi connectivity index (χ1v) is 6.27. The van der Waals surface area contributed by atoms with Crippen molar-refractivity contribution in [2.75, 3.05) is 6.54 Å². The van der Waals surface area contributed by atoms with Gasteiger partial charge in [-0.05, 0) is 24.5 Å². The van der Waals surface area contributed by atoms with Crippen molar-refractivity contribution in [3.8, 4) is 0 Å². The Hall–Kier alpha value is -1.84. The van der Waals surface area contributed by atoms with E-state index in [0.29, 0.717) is 18.5 Å². The fourth-order valence-electron chi connectivity index (χ4n) is 2.28. The Morgan fingerprint density at radius 1 is 1.22 bits per heavy atom. The van der Waals surface area contributed by atoms with Gasteiger partial charge >= 0.3 is 5.97 Å². The molecule has 1 amide bonds. The molecule has 18 heavy (non-hydrogen) atoms. The summed E-state index contributed by atoms with van der Waals surface area (Å²) >= 11 is 0. The highest BCUT2D eigenvalue weighted by atomic mass is 16.4. The van der Waals surface area contributed by atoms with Gasteiger partial charge in [0.15, 0.2) is 0 Å². The van der Waals surface area contributed by atoms with Gasteiger partial charge in [0, 0.05) is 19.5 Å². The summed E-state index contributed by atoms with van der Waals surface area (Å²) in [6, 6.07) is 6.88. The van der Waals surface area contributed by atoms with E-state index in [1.54, 1.807) is 23.1 Å². The van der Waals surface area contributed by atoms with E-state index in [9.17, 15) is 9.59 Å². The van der Waals surface area contributed by atoms with E-state index in [0.717, 1.165) is 25.8 Å². The molecule has 0 saturated carbocycles. The van der Waals surface area contributed by atoms with Crippen molar-refractivity contribution in [3.05, 3.63) is 35.4 Å². The summed E-state index contributed by atoms with van der Waals surface area (Å²) in [5.74, 6) is -0.805. The fourth-order valence-corrected chi connectivity index (χ4v) is 2.28. The average molecular weight is 247 g/mol. The molecule has 1 aromatic rings. The highest BCUT2D eigenvalue weighted by molar-refractivity contribution is 5.89. The molecule has 0 aromatic heterocycles. The maximum atomic E-state index is 11.9. The largest absolute Gasteiger partial charge is 0.478 e. The van der Waals surface area contributed by atoms with Crippen molar-refractivity contribution >= 4 is 11.9 Å². The van der Waals surface area contributed by atoms with Gasteiger partial charge in [0.2, 0.25) is 5.91 Å². The predicted octanol–water partition coefficient (Wildman–Crippen LogP) is 2.29. The molecule has 4 heteroatoms. The van der Waals surface area contributed by atoms with E-state index >= 15 is 0 Å². The first-order chi connectivity index (χ1) is 8.68. The van der Waals surface area contributed by atoms with Crippen LogP contribution in [0.3, 0.4) is 0 Å². The van der Waals surface area contributed by atoms with Gasteiger partial charge in [0.1, 0.15) is 0 Å². The summed E-state index contributed by atoms with van der Waals surface area (Å²) in [5, 5.41) is 9.11. The molecule has 1 aromatic carbocycles. The minimum absolute atomic E-state index is 0.132. The lowest BCUT2D eigenvalue weighted by molar-refractivity contribution is -0.131. The molecule has 1 N–H and O–H groups in total. The molecule has 0 radical (unpaired) electrons. The molecular weight excluding hydrogens is 230 g/mol. The second kappa shape index (κ2) is 5.67. The van der Waals surface area contributed by atoms with E-state index in [1.807, 2.05) is 6.07 Å². The van der Waals surface area contributed by atoms with E-state index in [-0.39, 0.29) is 11.5 Å². The SMILES string of the molecule is O=C(O)c1ccccc1CN1CCCCCC1=O. The van der Waals surface area contributed by atoms with Gasteiger partial charge < -0.3 is 10.0 Å². The molecule has 1 heterocycles. The van der Waals surface area contributed by atoms with E-state index < -0.39 is 5.97 Å². The number of carbonyl (C=O) groups is 2. The number of aromatic carboxylic acids is 1. The number of carboxylic acid groups (broad SMARTS) is 1. The number of likely N-dealkylation sites (tertiary alicyclic amines) is 1. The molecular formula is C14H17NO3. The topological polar surface area (TPSA) is 57.6 Å². The van der Waals surface area contributed by atoms with Crippen LogP contribution in [0.2, 0.25) is 0 Å². The standard InChI is InChI=1S/C14H17NO3/c16-13-8-2-1-5-9-15(13)10-11-6-3-4-7-12(11)14(17)18/h3-4,6-7H,1-2,5,8-10H2,(H,17,18). The summed E-state index contributed by atoms with van der Waals surface area (Å²) < 4.78 is 0. The third-order valence-corrected chi connectivity index (χ3v) is 3.28. The quantitative estimate of drug-likeness (QED) is 0.891. The number of hydrogen-bond acceptors (Lipinski definition) is 2. The Labute approximate surface area is 106 Å². The maximum absolute atomic E-state index is 11.9. The van der Waals surface area contributed by atoms with Crippen LogP contribution < -0.4 is 0 Å². The number of nitrogens with zero attached hydrogens (tertiary/aromatic N) is 1. The third kappa shape index (κ3) is 2.88. The molecule has 1 aliphatic heterocycles. The van der Waals surface area contributed by atoms with Crippen molar-refractivity contribution < 1.29 is 14.7 Å². The minimum atomic E-state index is -0.937. The lowest BCUT2D eigenvalue weighted by atomic mass is 10.1. The number of hydrogen-bond donors (Lipinski definition) is 1. The van der Waals surface area contributed by atoms with Crippen LogP contribution in [0, 0.1) is 0 Å². The Balaban J connectivity index is 2.17. The zero-order valence-corrected chi connectivity index (χ0v) is 10.3. The second-order valence-corrected chi connectivity index (χ2v) is 4.59. The number of rotatable bonds is 3. The summed E-state index contributed by atoms with van der Waals surface area (Å²) in [7, 11) is 0. The zero-order chi connectivity index (χ0) is 13.0. The van der Waals surface area contributed by atoms with Crippen LogP contribution in [-0.4, -0.2) is 28.4 Å².